The van der Waals surface area contributed by atoms with Crippen LogP contribution in [0, 0.1) is 5.41 Å². The fraction of sp³-hybridized carbons (Fsp3) is 0.500. The van der Waals surface area contributed by atoms with Crippen LogP contribution >= 0.6 is 0 Å². The number of para-hydroxylation sites is 1. The number of carboxylic acid groups (broad SMARTS) is 2. The molecule has 7 heteroatoms. The first-order valence-corrected chi connectivity index (χ1v) is 8.52. The zero-order valence-electron chi connectivity index (χ0n) is 14.0. The number of likely N-dealkylation sites (tertiary alicyclic amines) is 1. The van der Waals surface area contributed by atoms with Crippen molar-refractivity contribution in [2.45, 2.75) is 32.1 Å². The van der Waals surface area contributed by atoms with E-state index in [9.17, 15) is 19.5 Å². The van der Waals surface area contributed by atoms with Gasteiger partial charge in [0, 0.05) is 25.3 Å². The predicted octanol–water partition coefficient (Wildman–Crippen LogP) is 2.20. The summed E-state index contributed by atoms with van der Waals surface area (Å²) in [7, 11) is 0. The van der Waals surface area contributed by atoms with Crippen LogP contribution in [-0.4, -0.2) is 52.7 Å². The fourth-order valence-electron chi connectivity index (χ4n) is 3.78. The minimum atomic E-state index is -1.28. The summed E-state index contributed by atoms with van der Waals surface area (Å²) < 4.78 is 0. The summed E-state index contributed by atoms with van der Waals surface area (Å²) in [6.07, 6.45) is 1.76. The number of carboxylic acids is 2. The molecule has 0 saturated carbocycles. The van der Waals surface area contributed by atoms with Crippen LogP contribution in [-0.2, 0) is 16.0 Å². The number of rotatable bonds is 3. The van der Waals surface area contributed by atoms with Gasteiger partial charge in [0.15, 0.2) is 0 Å². The Kier molecular flexibility index (Phi) is 4.65. The number of amides is 2. The Hall–Kier alpha value is -2.57. The van der Waals surface area contributed by atoms with Crippen LogP contribution in [0.4, 0.5) is 10.5 Å². The Morgan fingerprint density at radius 3 is 2.36 bits per heavy atom. The van der Waals surface area contributed by atoms with E-state index in [-0.39, 0.29) is 32.0 Å². The molecule has 1 saturated heterocycles. The van der Waals surface area contributed by atoms with Crippen LogP contribution in [0.25, 0.3) is 0 Å². The first-order valence-electron chi connectivity index (χ1n) is 8.52. The van der Waals surface area contributed by atoms with Crippen molar-refractivity contribution >= 4 is 23.7 Å². The molecule has 0 atom stereocenters. The summed E-state index contributed by atoms with van der Waals surface area (Å²) in [5.41, 5.74) is 0.784. The van der Waals surface area contributed by atoms with E-state index in [0.29, 0.717) is 6.54 Å². The normalized spacial score (nSPS) is 19.2. The highest BCUT2D eigenvalue weighted by Crippen LogP contribution is 2.36. The molecule has 1 aromatic rings. The van der Waals surface area contributed by atoms with Crippen LogP contribution < -0.4 is 4.90 Å². The van der Waals surface area contributed by atoms with Gasteiger partial charge in [0.2, 0.25) is 0 Å². The highest BCUT2D eigenvalue weighted by molar-refractivity contribution is 5.93. The molecule has 2 aliphatic heterocycles. The second-order valence-corrected chi connectivity index (χ2v) is 6.81. The maximum atomic E-state index is 12.9. The molecule has 0 aliphatic carbocycles. The highest BCUT2D eigenvalue weighted by atomic mass is 16.4. The van der Waals surface area contributed by atoms with E-state index in [1.54, 1.807) is 9.80 Å². The molecule has 0 radical (unpaired) electrons. The van der Waals surface area contributed by atoms with Gasteiger partial charge in [0.1, 0.15) is 0 Å². The lowest BCUT2D eigenvalue weighted by atomic mass is 9.75. The predicted molar refractivity (Wildman–Crippen MR) is 90.6 cm³/mol. The van der Waals surface area contributed by atoms with E-state index in [2.05, 4.69) is 0 Å². The zero-order valence-corrected chi connectivity index (χ0v) is 14.0. The number of aryl methyl sites for hydroxylation is 1. The van der Waals surface area contributed by atoms with Crippen molar-refractivity contribution in [2.24, 2.45) is 5.41 Å². The van der Waals surface area contributed by atoms with Crippen molar-refractivity contribution in [3.63, 3.8) is 0 Å². The molecular weight excluding hydrogens is 324 g/mol. The average molecular weight is 346 g/mol. The SMILES string of the molecule is O=C(O)CC1(C(=O)O)CCN(C(=O)N2CCCc3ccccc32)CC1. The highest BCUT2D eigenvalue weighted by Gasteiger charge is 2.44. The molecular formula is C18H22N2O5. The number of anilines is 1. The van der Waals surface area contributed by atoms with E-state index in [1.165, 1.54) is 0 Å². The lowest BCUT2D eigenvalue weighted by molar-refractivity contribution is -0.158. The third-order valence-electron chi connectivity index (χ3n) is 5.28. The molecule has 3 rings (SSSR count). The zero-order chi connectivity index (χ0) is 18.0. The van der Waals surface area contributed by atoms with Gasteiger partial charge in [-0.1, -0.05) is 18.2 Å². The van der Waals surface area contributed by atoms with E-state index in [0.717, 1.165) is 24.1 Å². The molecule has 0 spiro atoms. The quantitative estimate of drug-likeness (QED) is 0.874. The third kappa shape index (κ3) is 3.31. The van der Waals surface area contributed by atoms with E-state index < -0.39 is 23.8 Å². The van der Waals surface area contributed by atoms with Gasteiger partial charge in [-0.2, -0.15) is 0 Å². The van der Waals surface area contributed by atoms with Gasteiger partial charge in [0.05, 0.1) is 11.8 Å². The third-order valence-corrected chi connectivity index (χ3v) is 5.28. The van der Waals surface area contributed by atoms with Gasteiger partial charge in [-0.3, -0.25) is 14.5 Å². The molecule has 1 aromatic carbocycles. The van der Waals surface area contributed by atoms with Gasteiger partial charge in [-0.05, 0) is 37.3 Å². The maximum Gasteiger partial charge on any atom is 0.324 e. The smallest absolute Gasteiger partial charge is 0.324 e. The van der Waals surface area contributed by atoms with Crippen molar-refractivity contribution in [3.05, 3.63) is 29.8 Å². The number of carbonyl (C=O) groups is 3. The lowest BCUT2D eigenvalue weighted by Crippen LogP contribution is -2.52. The minimum absolute atomic E-state index is 0.124. The van der Waals surface area contributed by atoms with Crippen LogP contribution in [0.3, 0.4) is 0 Å². The van der Waals surface area contributed by atoms with Crippen LogP contribution in [0.15, 0.2) is 24.3 Å². The standard InChI is InChI=1S/C18H22N2O5/c21-15(22)12-18(16(23)24)7-10-19(11-8-18)17(25)20-9-3-5-13-4-1-2-6-14(13)20/h1-2,4,6H,3,5,7-12H2,(H,21,22)(H,23,24). The van der Waals surface area contributed by atoms with Crippen molar-refractivity contribution in [1.82, 2.24) is 4.90 Å². The van der Waals surface area contributed by atoms with Crippen molar-refractivity contribution < 1.29 is 24.6 Å². The summed E-state index contributed by atoms with van der Waals surface area (Å²) in [6.45, 7) is 1.17. The lowest BCUT2D eigenvalue weighted by Gasteiger charge is -2.41. The molecule has 0 unspecified atom stereocenters. The molecule has 1 fully saturated rings. The minimum Gasteiger partial charge on any atom is -0.481 e. The van der Waals surface area contributed by atoms with E-state index >= 15 is 0 Å². The monoisotopic (exact) mass is 346 g/mol. The maximum absolute atomic E-state index is 12.9. The fourth-order valence-corrected chi connectivity index (χ4v) is 3.78. The summed E-state index contributed by atoms with van der Waals surface area (Å²) in [5, 5.41) is 18.5. The molecule has 2 aliphatic rings. The average Bonchev–Trinajstić information content (AvgIpc) is 2.60. The Morgan fingerprint density at radius 2 is 1.72 bits per heavy atom. The number of piperidine rings is 1. The second kappa shape index (κ2) is 6.74. The number of aliphatic carboxylic acids is 2. The molecule has 7 nitrogen and oxygen atoms in total. The van der Waals surface area contributed by atoms with Gasteiger partial charge < -0.3 is 15.1 Å². The van der Waals surface area contributed by atoms with Crippen molar-refractivity contribution in [2.75, 3.05) is 24.5 Å². The van der Waals surface area contributed by atoms with E-state index in [4.69, 9.17) is 5.11 Å². The Labute approximate surface area is 145 Å². The topological polar surface area (TPSA) is 98.1 Å². The number of urea groups is 1. The molecule has 25 heavy (non-hydrogen) atoms. The van der Waals surface area contributed by atoms with Gasteiger partial charge in [0.25, 0.3) is 0 Å². The first-order chi connectivity index (χ1) is 11.9. The van der Waals surface area contributed by atoms with Crippen molar-refractivity contribution in [1.29, 1.82) is 0 Å². The molecule has 0 aromatic heterocycles. The Morgan fingerprint density at radius 1 is 1.04 bits per heavy atom. The van der Waals surface area contributed by atoms with E-state index in [1.807, 2.05) is 24.3 Å². The second-order valence-electron chi connectivity index (χ2n) is 6.81. The molecule has 134 valence electrons. The first kappa shape index (κ1) is 17.3. The van der Waals surface area contributed by atoms with Crippen LogP contribution in [0.2, 0.25) is 0 Å². The summed E-state index contributed by atoms with van der Waals surface area (Å²) in [4.78, 5) is 38.9. The van der Waals surface area contributed by atoms with Crippen LogP contribution in [0.1, 0.15) is 31.2 Å². The molecule has 2 amide bonds. The largest absolute Gasteiger partial charge is 0.481 e. The number of hydrogen-bond donors (Lipinski definition) is 2. The van der Waals surface area contributed by atoms with Gasteiger partial charge >= 0.3 is 18.0 Å². The molecule has 2 N–H and O–H groups in total. The number of nitrogens with zero attached hydrogens (tertiary/aromatic N) is 2. The number of carbonyl (C=O) groups excluding carboxylic acids is 1. The Bertz CT molecular complexity index is 694. The number of fused-ring (bicyclic) bond motifs is 1. The van der Waals surface area contributed by atoms with Crippen LogP contribution in [0.5, 0.6) is 0 Å². The number of benzene rings is 1. The molecule has 2 heterocycles. The summed E-state index contributed by atoms with van der Waals surface area (Å²) in [6, 6.07) is 7.70. The summed E-state index contributed by atoms with van der Waals surface area (Å²) in [5.74, 6) is -2.21. The van der Waals surface area contributed by atoms with Gasteiger partial charge in [-0.15, -0.1) is 0 Å². The van der Waals surface area contributed by atoms with Gasteiger partial charge in [-0.25, -0.2) is 4.79 Å². The summed E-state index contributed by atoms with van der Waals surface area (Å²) >= 11 is 0. The van der Waals surface area contributed by atoms with Crippen molar-refractivity contribution in [3.8, 4) is 0 Å². The number of hydrogen-bond acceptors (Lipinski definition) is 3. The Balaban J connectivity index is 1.72. The molecule has 0 bridgehead atoms.